The predicted octanol–water partition coefficient (Wildman–Crippen LogP) is 2.28. The third kappa shape index (κ3) is 2.74. The summed E-state index contributed by atoms with van der Waals surface area (Å²) >= 11 is 0. The number of rotatable bonds is 5. The molecule has 0 atom stereocenters. The molecule has 3 aromatic rings. The Kier molecular flexibility index (Phi) is 3.81. The lowest BCUT2D eigenvalue weighted by atomic mass is 10.2. The fourth-order valence-corrected chi connectivity index (χ4v) is 3.47. The lowest BCUT2D eigenvalue weighted by molar-refractivity contribution is -0.384. The van der Waals surface area contributed by atoms with Crippen LogP contribution >= 0.6 is 0 Å². The average molecular weight is 348 g/mol. The molecule has 2 aromatic heterocycles. The van der Waals surface area contributed by atoms with Crippen LogP contribution in [0.5, 0.6) is 5.75 Å². The van der Waals surface area contributed by atoms with Gasteiger partial charge in [-0.1, -0.05) is 0 Å². The number of nitrogens with zero attached hydrogens (tertiary/aromatic N) is 2. The number of H-pyrrole nitrogens is 1. The molecule has 0 aliphatic heterocycles. The van der Waals surface area contributed by atoms with E-state index in [0.717, 1.165) is 6.07 Å². The Labute approximate surface area is 136 Å². The van der Waals surface area contributed by atoms with E-state index in [0.29, 0.717) is 11.0 Å². The van der Waals surface area contributed by atoms with Crippen LogP contribution in [-0.2, 0) is 10.0 Å². The summed E-state index contributed by atoms with van der Waals surface area (Å²) in [5.41, 5.74) is 0.142. The van der Waals surface area contributed by atoms with Gasteiger partial charge in [0.15, 0.2) is 0 Å². The normalized spacial score (nSPS) is 11.4. The molecule has 9 nitrogen and oxygen atoms in total. The highest BCUT2D eigenvalue weighted by Crippen LogP contribution is 2.32. The molecule has 1 aromatic carbocycles. The van der Waals surface area contributed by atoms with Gasteiger partial charge in [-0.2, -0.15) is 0 Å². The standard InChI is InChI=1S/C14H12N4O5S/c1-23-12-5-4-9(18(19)20)7-11(12)17-24(21,22)13-8-16-14-10(13)3-2-6-15-14/h2-8,17H,1H3,(H,15,16). The van der Waals surface area contributed by atoms with Gasteiger partial charge in [0, 0.05) is 29.9 Å². The average Bonchev–Trinajstić information content (AvgIpc) is 2.99. The van der Waals surface area contributed by atoms with Crippen molar-refractivity contribution in [1.82, 2.24) is 9.97 Å². The summed E-state index contributed by atoms with van der Waals surface area (Å²) in [6.07, 6.45) is 2.84. The number of methoxy groups -OCH3 is 1. The molecule has 0 aliphatic carbocycles. The molecule has 0 saturated carbocycles. The van der Waals surface area contributed by atoms with Crippen molar-refractivity contribution in [2.75, 3.05) is 11.8 Å². The summed E-state index contributed by atoms with van der Waals surface area (Å²) in [5.74, 6) is 0.169. The van der Waals surface area contributed by atoms with Crippen molar-refractivity contribution in [2.24, 2.45) is 0 Å². The van der Waals surface area contributed by atoms with Gasteiger partial charge in [-0.25, -0.2) is 13.4 Å². The van der Waals surface area contributed by atoms with E-state index in [9.17, 15) is 18.5 Å². The number of nitrogens with one attached hydrogen (secondary N) is 2. The number of hydrogen-bond acceptors (Lipinski definition) is 6. The van der Waals surface area contributed by atoms with Gasteiger partial charge in [-0.15, -0.1) is 0 Å². The zero-order valence-electron chi connectivity index (χ0n) is 12.4. The van der Waals surface area contributed by atoms with E-state index in [1.807, 2.05) is 0 Å². The molecule has 3 rings (SSSR count). The Balaban J connectivity index is 2.06. The number of sulfonamides is 1. The number of aromatic nitrogens is 2. The van der Waals surface area contributed by atoms with Crippen molar-refractivity contribution in [3.8, 4) is 5.75 Å². The molecule has 0 aliphatic rings. The van der Waals surface area contributed by atoms with E-state index in [1.165, 1.54) is 31.6 Å². The van der Waals surface area contributed by atoms with Gasteiger partial charge in [0.1, 0.15) is 16.3 Å². The molecule has 0 amide bonds. The summed E-state index contributed by atoms with van der Waals surface area (Å²) in [7, 11) is -2.65. The van der Waals surface area contributed by atoms with Crippen molar-refractivity contribution < 1.29 is 18.1 Å². The van der Waals surface area contributed by atoms with E-state index in [-0.39, 0.29) is 22.0 Å². The number of nitro benzene ring substituents is 1. The van der Waals surface area contributed by atoms with Gasteiger partial charge >= 0.3 is 0 Å². The Morgan fingerprint density at radius 2 is 2.12 bits per heavy atom. The molecule has 10 heteroatoms. The molecule has 0 unspecified atom stereocenters. The Morgan fingerprint density at radius 1 is 1.33 bits per heavy atom. The van der Waals surface area contributed by atoms with E-state index >= 15 is 0 Å². The van der Waals surface area contributed by atoms with Crippen molar-refractivity contribution in [3.05, 3.63) is 52.8 Å². The lowest BCUT2D eigenvalue weighted by Gasteiger charge is -2.11. The fourth-order valence-electron chi connectivity index (χ4n) is 2.24. The number of fused-ring (bicyclic) bond motifs is 1. The van der Waals surface area contributed by atoms with E-state index in [4.69, 9.17) is 4.74 Å². The van der Waals surface area contributed by atoms with Crippen LogP contribution in [0.25, 0.3) is 11.0 Å². The minimum atomic E-state index is -4.00. The molecule has 0 bridgehead atoms. The lowest BCUT2D eigenvalue weighted by Crippen LogP contribution is -2.13. The van der Waals surface area contributed by atoms with E-state index in [2.05, 4.69) is 14.7 Å². The highest BCUT2D eigenvalue weighted by molar-refractivity contribution is 7.93. The molecule has 124 valence electrons. The van der Waals surface area contributed by atoms with Gasteiger partial charge in [-0.05, 0) is 18.2 Å². The van der Waals surface area contributed by atoms with Gasteiger partial charge in [0.2, 0.25) is 0 Å². The van der Waals surface area contributed by atoms with Gasteiger partial charge in [0.25, 0.3) is 15.7 Å². The van der Waals surface area contributed by atoms with Crippen LogP contribution in [0.4, 0.5) is 11.4 Å². The third-order valence-corrected chi connectivity index (χ3v) is 4.75. The number of ether oxygens (including phenoxy) is 1. The maximum Gasteiger partial charge on any atom is 0.271 e. The highest BCUT2D eigenvalue weighted by Gasteiger charge is 2.22. The number of benzene rings is 1. The smallest absolute Gasteiger partial charge is 0.271 e. The summed E-state index contributed by atoms with van der Waals surface area (Å²) in [6, 6.07) is 6.88. The summed E-state index contributed by atoms with van der Waals surface area (Å²) in [5, 5.41) is 11.3. The van der Waals surface area contributed by atoms with E-state index < -0.39 is 14.9 Å². The molecule has 0 radical (unpaired) electrons. The molecule has 0 fully saturated rings. The summed E-state index contributed by atoms with van der Waals surface area (Å²) in [6.45, 7) is 0. The third-order valence-electron chi connectivity index (χ3n) is 3.34. The predicted molar refractivity (Wildman–Crippen MR) is 86.6 cm³/mol. The van der Waals surface area contributed by atoms with Crippen LogP contribution in [-0.4, -0.2) is 30.4 Å². The molecule has 0 saturated heterocycles. The number of pyridine rings is 1. The number of nitro groups is 1. The Hall–Kier alpha value is -3.14. The summed E-state index contributed by atoms with van der Waals surface area (Å²) in [4.78, 5) is 17.1. The van der Waals surface area contributed by atoms with Crippen molar-refractivity contribution in [2.45, 2.75) is 4.90 Å². The van der Waals surface area contributed by atoms with Crippen LogP contribution in [0, 0.1) is 10.1 Å². The first kappa shape index (κ1) is 15.7. The zero-order chi connectivity index (χ0) is 17.3. The topological polar surface area (TPSA) is 127 Å². The second-order valence-electron chi connectivity index (χ2n) is 4.80. The molecule has 0 spiro atoms. The molecule has 2 N–H and O–H groups in total. The van der Waals surface area contributed by atoms with Crippen LogP contribution in [0.3, 0.4) is 0 Å². The van der Waals surface area contributed by atoms with Crippen LogP contribution in [0.2, 0.25) is 0 Å². The van der Waals surface area contributed by atoms with Crippen LogP contribution in [0.15, 0.2) is 47.6 Å². The number of non-ortho nitro benzene ring substituents is 1. The SMILES string of the molecule is COc1ccc([N+](=O)[O-])cc1NS(=O)(=O)c1c[nH]c2ncccc12. The fraction of sp³-hybridized carbons (Fsp3) is 0.0714. The first-order valence-electron chi connectivity index (χ1n) is 6.70. The molecular weight excluding hydrogens is 336 g/mol. The van der Waals surface area contributed by atoms with Crippen LogP contribution < -0.4 is 9.46 Å². The minimum absolute atomic E-state index is 0.0147. The van der Waals surface area contributed by atoms with Gasteiger partial charge in [-0.3, -0.25) is 14.8 Å². The van der Waals surface area contributed by atoms with Gasteiger partial charge in [0.05, 0.1) is 17.7 Å². The Bertz CT molecular complexity index is 1030. The first-order chi connectivity index (χ1) is 11.4. The van der Waals surface area contributed by atoms with Crippen LogP contribution in [0.1, 0.15) is 0 Å². The molecule has 24 heavy (non-hydrogen) atoms. The maximum atomic E-state index is 12.6. The second kappa shape index (κ2) is 5.81. The second-order valence-corrected chi connectivity index (χ2v) is 6.45. The van der Waals surface area contributed by atoms with Crippen molar-refractivity contribution in [3.63, 3.8) is 0 Å². The minimum Gasteiger partial charge on any atom is -0.495 e. The molecular formula is C14H12N4O5S. The van der Waals surface area contributed by atoms with Gasteiger partial charge < -0.3 is 9.72 Å². The van der Waals surface area contributed by atoms with E-state index in [1.54, 1.807) is 12.1 Å². The monoisotopic (exact) mass is 348 g/mol. The quantitative estimate of drug-likeness (QED) is 0.538. The number of aromatic amines is 1. The summed E-state index contributed by atoms with van der Waals surface area (Å²) < 4.78 is 32.7. The maximum absolute atomic E-state index is 12.6. The first-order valence-corrected chi connectivity index (χ1v) is 8.18. The zero-order valence-corrected chi connectivity index (χ0v) is 13.2. The molecule has 2 heterocycles. The van der Waals surface area contributed by atoms with Crippen molar-refractivity contribution in [1.29, 1.82) is 0 Å². The highest BCUT2D eigenvalue weighted by atomic mass is 32.2. The number of anilines is 1. The largest absolute Gasteiger partial charge is 0.495 e. The Morgan fingerprint density at radius 3 is 2.83 bits per heavy atom. The number of hydrogen-bond donors (Lipinski definition) is 2. The van der Waals surface area contributed by atoms with Crippen molar-refractivity contribution >= 4 is 32.4 Å².